The van der Waals surface area contributed by atoms with Gasteiger partial charge in [-0.3, -0.25) is 14.4 Å². The van der Waals surface area contributed by atoms with E-state index in [1.54, 1.807) is 38.1 Å². The quantitative estimate of drug-likeness (QED) is 0.529. The molecule has 9 nitrogen and oxygen atoms in total. The van der Waals surface area contributed by atoms with Gasteiger partial charge in [0.2, 0.25) is 21.8 Å². The van der Waals surface area contributed by atoms with Gasteiger partial charge in [0.15, 0.2) is 0 Å². The Balaban J connectivity index is 2.06. The number of benzene rings is 1. The zero-order valence-electron chi connectivity index (χ0n) is 18.6. The van der Waals surface area contributed by atoms with Crippen molar-refractivity contribution in [1.82, 2.24) is 14.2 Å². The number of carbonyl (C=O) groups is 2. The van der Waals surface area contributed by atoms with E-state index in [1.165, 1.54) is 16.6 Å². The lowest BCUT2D eigenvalue weighted by Crippen LogP contribution is -2.34. The number of pyridine rings is 1. The average Bonchev–Trinajstić information content (AvgIpc) is 2.75. The van der Waals surface area contributed by atoms with Crippen LogP contribution in [0.5, 0.6) is 0 Å². The molecule has 1 aromatic carbocycles. The number of rotatable bonds is 11. The summed E-state index contributed by atoms with van der Waals surface area (Å²) in [6.45, 7) is 5.87. The van der Waals surface area contributed by atoms with E-state index in [-0.39, 0.29) is 23.9 Å². The normalized spacial score (nSPS) is 11.4. The van der Waals surface area contributed by atoms with Gasteiger partial charge in [0.05, 0.1) is 4.90 Å². The van der Waals surface area contributed by atoms with Crippen molar-refractivity contribution in [2.45, 2.75) is 51.6 Å². The number of sulfonamides is 1. The van der Waals surface area contributed by atoms with Crippen molar-refractivity contribution >= 4 is 27.5 Å². The third-order valence-electron chi connectivity index (χ3n) is 4.79. The highest BCUT2D eigenvalue weighted by atomic mass is 32.2. The first-order valence-electron chi connectivity index (χ1n) is 10.6. The van der Waals surface area contributed by atoms with E-state index in [4.69, 9.17) is 0 Å². The van der Waals surface area contributed by atoms with Crippen molar-refractivity contribution in [3.8, 4) is 0 Å². The van der Waals surface area contributed by atoms with Gasteiger partial charge in [0.25, 0.3) is 5.56 Å². The summed E-state index contributed by atoms with van der Waals surface area (Å²) in [5.74, 6) is -0.516. The lowest BCUT2D eigenvalue weighted by atomic mass is 10.2. The van der Waals surface area contributed by atoms with Crippen molar-refractivity contribution in [2.75, 3.05) is 18.4 Å². The van der Waals surface area contributed by atoms with Gasteiger partial charge in [-0.25, -0.2) is 8.42 Å². The molecule has 2 aromatic rings. The minimum atomic E-state index is -3.74. The molecule has 2 rings (SSSR count). The second kappa shape index (κ2) is 11.6. The van der Waals surface area contributed by atoms with Crippen LogP contribution in [0, 0.1) is 0 Å². The lowest BCUT2D eigenvalue weighted by molar-refractivity contribution is -0.122. The summed E-state index contributed by atoms with van der Waals surface area (Å²) in [7, 11) is -3.74. The molecular formula is C22H30N4O5S. The first-order chi connectivity index (χ1) is 15.2. The Kier molecular flexibility index (Phi) is 9.15. The Morgan fingerprint density at radius 1 is 1.03 bits per heavy atom. The number of amides is 2. The van der Waals surface area contributed by atoms with Crippen LogP contribution in [0.2, 0.25) is 0 Å². The molecule has 0 aliphatic rings. The predicted molar refractivity (Wildman–Crippen MR) is 123 cm³/mol. The monoisotopic (exact) mass is 462 g/mol. The number of anilines is 1. The smallest absolute Gasteiger partial charge is 0.251 e. The molecule has 2 amide bonds. The molecule has 0 saturated heterocycles. The van der Waals surface area contributed by atoms with E-state index in [0.29, 0.717) is 25.2 Å². The molecule has 0 fully saturated rings. The molecule has 0 atom stereocenters. The van der Waals surface area contributed by atoms with E-state index in [2.05, 4.69) is 10.6 Å². The minimum absolute atomic E-state index is 0.0379. The van der Waals surface area contributed by atoms with Crippen LogP contribution in [-0.2, 0) is 32.7 Å². The van der Waals surface area contributed by atoms with Crippen molar-refractivity contribution in [3.05, 3.63) is 58.5 Å². The van der Waals surface area contributed by atoms with Gasteiger partial charge in [0, 0.05) is 44.0 Å². The van der Waals surface area contributed by atoms with Gasteiger partial charge in [-0.2, -0.15) is 4.31 Å². The zero-order valence-corrected chi connectivity index (χ0v) is 19.4. The van der Waals surface area contributed by atoms with Crippen molar-refractivity contribution in [3.63, 3.8) is 0 Å². The second-order valence-electron chi connectivity index (χ2n) is 7.20. The molecule has 0 aliphatic carbocycles. The van der Waals surface area contributed by atoms with E-state index in [9.17, 15) is 22.8 Å². The summed E-state index contributed by atoms with van der Waals surface area (Å²) < 4.78 is 27.7. The van der Waals surface area contributed by atoms with Crippen LogP contribution in [0.25, 0.3) is 0 Å². The third kappa shape index (κ3) is 6.76. The van der Waals surface area contributed by atoms with E-state index in [1.807, 2.05) is 6.92 Å². The van der Waals surface area contributed by atoms with Crippen LogP contribution in [0.3, 0.4) is 0 Å². The summed E-state index contributed by atoms with van der Waals surface area (Å²) >= 11 is 0. The number of hydrogen-bond acceptors (Lipinski definition) is 5. The number of nitrogens with one attached hydrogen (secondary N) is 2. The van der Waals surface area contributed by atoms with E-state index >= 15 is 0 Å². The van der Waals surface area contributed by atoms with Crippen LogP contribution < -0.4 is 16.2 Å². The molecule has 1 aromatic heterocycles. The molecule has 0 radical (unpaired) electrons. The summed E-state index contributed by atoms with van der Waals surface area (Å²) in [6, 6.07) is 9.50. The number of aromatic nitrogens is 1. The molecule has 1 heterocycles. The first kappa shape index (κ1) is 25.3. The highest BCUT2D eigenvalue weighted by Crippen LogP contribution is 2.14. The summed E-state index contributed by atoms with van der Waals surface area (Å²) in [6.07, 6.45) is 2.37. The molecule has 10 heteroatoms. The van der Waals surface area contributed by atoms with Crippen LogP contribution in [0.1, 0.15) is 39.2 Å². The molecule has 0 unspecified atom stereocenters. The number of nitrogens with zero attached hydrogens (tertiary/aromatic N) is 2. The lowest BCUT2D eigenvalue weighted by Gasteiger charge is -2.19. The SMILES string of the molecule is CCCC(=O)Nc1cccc(CNC(=O)Cn2cc(S(=O)(=O)N(CC)CC)ccc2=O)c1. The minimum Gasteiger partial charge on any atom is -0.350 e. The molecular weight excluding hydrogens is 432 g/mol. The Morgan fingerprint density at radius 3 is 2.41 bits per heavy atom. The first-order valence-corrected chi connectivity index (χ1v) is 12.0. The standard InChI is InChI=1S/C22H30N4O5S/c1-4-8-20(27)24-18-10-7-9-17(13-18)14-23-21(28)16-25-15-19(11-12-22(25)29)32(30,31)26(5-2)6-3/h7,9-13,15H,4-6,8,14,16H2,1-3H3,(H,23,28)(H,24,27). The summed E-state index contributed by atoms with van der Waals surface area (Å²) in [4.78, 5) is 36.3. The van der Waals surface area contributed by atoms with Gasteiger partial charge in [-0.05, 0) is 30.2 Å². The highest BCUT2D eigenvalue weighted by molar-refractivity contribution is 7.89. The van der Waals surface area contributed by atoms with Crippen LogP contribution in [0.4, 0.5) is 5.69 Å². The maximum Gasteiger partial charge on any atom is 0.251 e. The van der Waals surface area contributed by atoms with Gasteiger partial charge in [-0.1, -0.05) is 32.9 Å². The number of carbonyl (C=O) groups excluding carboxylic acids is 2. The zero-order chi connectivity index (χ0) is 23.7. The Hall–Kier alpha value is -2.98. The Bertz CT molecular complexity index is 1110. The Morgan fingerprint density at radius 2 is 1.75 bits per heavy atom. The van der Waals surface area contributed by atoms with Crippen LogP contribution in [0.15, 0.2) is 52.3 Å². The summed E-state index contributed by atoms with van der Waals surface area (Å²) in [5.41, 5.74) is 0.942. The second-order valence-corrected chi connectivity index (χ2v) is 9.13. The van der Waals surface area contributed by atoms with Gasteiger partial charge in [0.1, 0.15) is 6.54 Å². The largest absolute Gasteiger partial charge is 0.350 e. The highest BCUT2D eigenvalue weighted by Gasteiger charge is 2.22. The van der Waals surface area contributed by atoms with Crippen molar-refractivity contribution in [2.24, 2.45) is 0 Å². The average molecular weight is 463 g/mol. The molecule has 0 spiro atoms. The van der Waals surface area contributed by atoms with Crippen molar-refractivity contribution in [1.29, 1.82) is 0 Å². The fraction of sp³-hybridized carbons (Fsp3) is 0.409. The molecule has 0 saturated carbocycles. The van der Waals surface area contributed by atoms with Gasteiger partial charge >= 0.3 is 0 Å². The molecule has 2 N–H and O–H groups in total. The van der Waals surface area contributed by atoms with Crippen LogP contribution in [-0.4, -0.2) is 42.2 Å². The van der Waals surface area contributed by atoms with Crippen LogP contribution >= 0.6 is 0 Å². The maximum absolute atomic E-state index is 12.7. The van der Waals surface area contributed by atoms with E-state index in [0.717, 1.165) is 22.6 Å². The fourth-order valence-corrected chi connectivity index (χ4v) is 4.60. The fourth-order valence-electron chi connectivity index (χ4n) is 3.12. The third-order valence-corrected chi connectivity index (χ3v) is 6.82. The molecule has 174 valence electrons. The summed E-state index contributed by atoms with van der Waals surface area (Å²) in [5, 5.41) is 5.51. The van der Waals surface area contributed by atoms with Gasteiger partial charge < -0.3 is 15.2 Å². The molecule has 32 heavy (non-hydrogen) atoms. The van der Waals surface area contributed by atoms with E-state index < -0.39 is 21.5 Å². The molecule has 0 bridgehead atoms. The topological polar surface area (TPSA) is 118 Å². The molecule has 0 aliphatic heterocycles. The number of hydrogen-bond donors (Lipinski definition) is 2. The maximum atomic E-state index is 12.7. The Labute approximate surface area is 188 Å². The predicted octanol–water partition coefficient (Wildman–Crippen LogP) is 1.93. The van der Waals surface area contributed by atoms with Gasteiger partial charge in [-0.15, -0.1) is 0 Å². The van der Waals surface area contributed by atoms with Crippen molar-refractivity contribution < 1.29 is 18.0 Å².